The Labute approximate surface area is 113 Å². The van der Waals surface area contributed by atoms with Gasteiger partial charge in [-0.3, -0.25) is 0 Å². The zero-order chi connectivity index (χ0) is 12.8. The Hall–Kier alpha value is -0.540. The highest BCUT2D eigenvalue weighted by Gasteiger charge is 2.07. The summed E-state index contributed by atoms with van der Waals surface area (Å²) in [6, 6.07) is 6.85. The van der Waals surface area contributed by atoms with Crippen molar-refractivity contribution in [3.8, 4) is 5.75 Å². The summed E-state index contributed by atoms with van der Waals surface area (Å²) in [6.07, 6.45) is 1.09. The first kappa shape index (κ1) is 14.5. The van der Waals surface area contributed by atoms with E-state index in [1.807, 2.05) is 6.07 Å². The van der Waals surface area contributed by atoms with E-state index in [1.165, 1.54) is 5.56 Å². The molecular formula is C14H22BrNO. The second-order valence-corrected chi connectivity index (χ2v) is 5.70. The fourth-order valence-corrected chi connectivity index (χ4v) is 2.34. The van der Waals surface area contributed by atoms with Gasteiger partial charge < -0.3 is 10.1 Å². The first-order valence-electron chi connectivity index (χ1n) is 6.08. The molecule has 1 aromatic carbocycles. The molecule has 0 aliphatic carbocycles. The van der Waals surface area contributed by atoms with Crippen molar-refractivity contribution in [2.24, 2.45) is 5.92 Å². The average Bonchev–Trinajstić information content (AvgIpc) is 2.26. The van der Waals surface area contributed by atoms with Gasteiger partial charge in [0.25, 0.3) is 0 Å². The molecule has 96 valence electrons. The van der Waals surface area contributed by atoms with Gasteiger partial charge in [0.1, 0.15) is 5.75 Å². The number of rotatable bonds is 6. The Morgan fingerprint density at radius 2 is 2.00 bits per heavy atom. The summed E-state index contributed by atoms with van der Waals surface area (Å²) in [6.45, 7) is 7.68. The van der Waals surface area contributed by atoms with E-state index in [4.69, 9.17) is 4.74 Å². The van der Waals surface area contributed by atoms with Gasteiger partial charge in [0.2, 0.25) is 0 Å². The topological polar surface area (TPSA) is 21.3 Å². The Morgan fingerprint density at radius 1 is 1.29 bits per heavy atom. The van der Waals surface area contributed by atoms with Crippen LogP contribution in [0.15, 0.2) is 22.7 Å². The molecule has 1 aromatic rings. The number of nitrogens with one attached hydrogen (secondary N) is 1. The number of hydrogen-bond donors (Lipinski definition) is 1. The Bertz CT molecular complexity index is 352. The summed E-state index contributed by atoms with van der Waals surface area (Å²) < 4.78 is 6.25. The largest absolute Gasteiger partial charge is 0.496 e. The number of hydrogen-bond acceptors (Lipinski definition) is 2. The van der Waals surface area contributed by atoms with E-state index in [9.17, 15) is 0 Å². The van der Waals surface area contributed by atoms with Gasteiger partial charge in [-0.1, -0.05) is 26.8 Å². The first-order valence-corrected chi connectivity index (χ1v) is 6.88. The zero-order valence-corrected chi connectivity index (χ0v) is 12.7. The van der Waals surface area contributed by atoms with Gasteiger partial charge >= 0.3 is 0 Å². The minimum absolute atomic E-state index is 0.556. The summed E-state index contributed by atoms with van der Waals surface area (Å²) in [5.41, 5.74) is 1.34. The zero-order valence-electron chi connectivity index (χ0n) is 11.1. The lowest BCUT2D eigenvalue weighted by molar-refractivity contribution is 0.411. The standard InChI is InChI=1S/C14H22BrNO/c1-10(2)16-9-11(3)7-12-5-6-14(17-4)13(15)8-12/h5-6,8,10-11,16H,7,9H2,1-4H3. The predicted molar refractivity (Wildman–Crippen MR) is 76.7 cm³/mol. The summed E-state index contributed by atoms with van der Waals surface area (Å²) in [7, 11) is 1.69. The van der Waals surface area contributed by atoms with E-state index in [1.54, 1.807) is 7.11 Å². The van der Waals surface area contributed by atoms with Crippen LogP contribution in [0.1, 0.15) is 26.3 Å². The summed E-state index contributed by atoms with van der Waals surface area (Å²) in [5.74, 6) is 1.53. The molecule has 0 amide bonds. The van der Waals surface area contributed by atoms with Crippen LogP contribution in [0.25, 0.3) is 0 Å². The molecule has 0 aliphatic heterocycles. The van der Waals surface area contributed by atoms with Crippen molar-refractivity contribution in [3.05, 3.63) is 28.2 Å². The van der Waals surface area contributed by atoms with E-state index >= 15 is 0 Å². The molecule has 1 rings (SSSR count). The van der Waals surface area contributed by atoms with Gasteiger partial charge in [-0.15, -0.1) is 0 Å². The molecule has 17 heavy (non-hydrogen) atoms. The first-order chi connectivity index (χ1) is 8.02. The second kappa shape index (κ2) is 7.02. The van der Waals surface area contributed by atoms with Crippen LogP contribution in [0.2, 0.25) is 0 Å². The minimum atomic E-state index is 0.556. The summed E-state index contributed by atoms with van der Waals surface area (Å²) >= 11 is 3.52. The van der Waals surface area contributed by atoms with Gasteiger partial charge in [0.05, 0.1) is 11.6 Å². The fourth-order valence-electron chi connectivity index (χ4n) is 1.75. The molecule has 0 radical (unpaired) electrons. The van der Waals surface area contributed by atoms with Crippen LogP contribution in [0.4, 0.5) is 0 Å². The molecule has 0 heterocycles. The number of benzene rings is 1. The maximum absolute atomic E-state index is 5.22. The maximum Gasteiger partial charge on any atom is 0.133 e. The van der Waals surface area contributed by atoms with Crippen LogP contribution in [0.3, 0.4) is 0 Å². The second-order valence-electron chi connectivity index (χ2n) is 4.84. The molecule has 0 saturated heterocycles. The smallest absolute Gasteiger partial charge is 0.133 e. The monoisotopic (exact) mass is 299 g/mol. The van der Waals surface area contributed by atoms with Gasteiger partial charge in [-0.05, 0) is 52.5 Å². The highest BCUT2D eigenvalue weighted by Crippen LogP contribution is 2.26. The molecule has 3 heteroatoms. The Kier molecular flexibility index (Phi) is 6.00. The SMILES string of the molecule is COc1ccc(CC(C)CNC(C)C)cc1Br. The minimum Gasteiger partial charge on any atom is -0.496 e. The quantitative estimate of drug-likeness (QED) is 0.866. The molecule has 1 N–H and O–H groups in total. The van der Waals surface area contributed by atoms with Crippen LogP contribution >= 0.6 is 15.9 Å². The molecule has 2 nitrogen and oxygen atoms in total. The van der Waals surface area contributed by atoms with Crippen LogP contribution in [-0.4, -0.2) is 19.7 Å². The van der Waals surface area contributed by atoms with Crippen molar-refractivity contribution in [2.75, 3.05) is 13.7 Å². The molecule has 0 bridgehead atoms. The summed E-state index contributed by atoms with van der Waals surface area (Å²) in [4.78, 5) is 0. The maximum atomic E-state index is 5.22. The fraction of sp³-hybridized carbons (Fsp3) is 0.571. The summed E-state index contributed by atoms with van der Waals surface area (Å²) in [5, 5.41) is 3.47. The van der Waals surface area contributed by atoms with Crippen LogP contribution in [0.5, 0.6) is 5.75 Å². The van der Waals surface area contributed by atoms with Crippen molar-refractivity contribution in [1.29, 1.82) is 0 Å². The predicted octanol–water partition coefficient (Wildman–Crippen LogP) is 3.63. The van der Waals surface area contributed by atoms with E-state index < -0.39 is 0 Å². The van der Waals surface area contributed by atoms with Crippen molar-refractivity contribution in [3.63, 3.8) is 0 Å². The van der Waals surface area contributed by atoms with Gasteiger partial charge in [-0.25, -0.2) is 0 Å². The van der Waals surface area contributed by atoms with E-state index in [0.717, 1.165) is 23.2 Å². The van der Waals surface area contributed by atoms with Crippen LogP contribution in [0, 0.1) is 5.92 Å². The van der Waals surface area contributed by atoms with Gasteiger partial charge in [0.15, 0.2) is 0 Å². The highest BCUT2D eigenvalue weighted by atomic mass is 79.9. The van der Waals surface area contributed by atoms with E-state index in [2.05, 4.69) is 54.2 Å². The lowest BCUT2D eigenvalue weighted by Crippen LogP contribution is -2.28. The van der Waals surface area contributed by atoms with Crippen molar-refractivity contribution in [1.82, 2.24) is 5.32 Å². The Morgan fingerprint density at radius 3 is 2.53 bits per heavy atom. The third-order valence-corrected chi connectivity index (χ3v) is 3.29. The van der Waals surface area contributed by atoms with E-state index in [0.29, 0.717) is 12.0 Å². The molecule has 0 fully saturated rings. The lowest BCUT2D eigenvalue weighted by atomic mass is 10.0. The molecule has 0 spiro atoms. The van der Waals surface area contributed by atoms with Crippen LogP contribution < -0.4 is 10.1 Å². The molecule has 1 atom stereocenters. The lowest BCUT2D eigenvalue weighted by Gasteiger charge is -2.15. The molecule has 0 aliphatic rings. The van der Waals surface area contributed by atoms with Crippen molar-refractivity contribution >= 4 is 15.9 Å². The molecule has 0 aromatic heterocycles. The number of methoxy groups -OCH3 is 1. The number of halogens is 1. The molecule has 1 unspecified atom stereocenters. The highest BCUT2D eigenvalue weighted by molar-refractivity contribution is 9.10. The van der Waals surface area contributed by atoms with Crippen molar-refractivity contribution < 1.29 is 4.74 Å². The normalized spacial score (nSPS) is 12.8. The molecular weight excluding hydrogens is 278 g/mol. The number of ether oxygens (including phenoxy) is 1. The average molecular weight is 300 g/mol. The third kappa shape index (κ3) is 5.09. The van der Waals surface area contributed by atoms with Crippen molar-refractivity contribution in [2.45, 2.75) is 33.2 Å². The Balaban J connectivity index is 2.53. The third-order valence-electron chi connectivity index (χ3n) is 2.67. The van der Waals surface area contributed by atoms with Crippen LogP contribution in [-0.2, 0) is 6.42 Å². The van der Waals surface area contributed by atoms with Gasteiger partial charge in [0, 0.05) is 6.04 Å². The van der Waals surface area contributed by atoms with Gasteiger partial charge in [-0.2, -0.15) is 0 Å². The van der Waals surface area contributed by atoms with E-state index in [-0.39, 0.29) is 0 Å². The molecule has 0 saturated carbocycles.